The summed E-state index contributed by atoms with van der Waals surface area (Å²) in [4.78, 5) is 4.22. The summed E-state index contributed by atoms with van der Waals surface area (Å²) in [5.41, 5.74) is 7.31. The lowest BCUT2D eigenvalue weighted by atomic mass is 9.98. The molecule has 0 amide bonds. The third-order valence-electron chi connectivity index (χ3n) is 4.04. The van der Waals surface area contributed by atoms with Crippen molar-refractivity contribution in [3.05, 3.63) is 18.2 Å². The Morgan fingerprint density at radius 3 is 2.79 bits per heavy atom. The van der Waals surface area contributed by atoms with Crippen LogP contribution in [0, 0.1) is 5.92 Å². The Morgan fingerprint density at radius 1 is 1.37 bits per heavy atom. The van der Waals surface area contributed by atoms with Gasteiger partial charge in [0.05, 0.1) is 24.7 Å². The molecular formula is C15H27N3O. The van der Waals surface area contributed by atoms with Crippen LogP contribution in [-0.2, 0) is 11.3 Å². The molecule has 1 heterocycles. The Labute approximate surface area is 116 Å². The summed E-state index contributed by atoms with van der Waals surface area (Å²) < 4.78 is 8.09. The molecule has 2 N–H and O–H groups in total. The van der Waals surface area contributed by atoms with E-state index in [0.29, 0.717) is 12.0 Å². The van der Waals surface area contributed by atoms with Gasteiger partial charge in [-0.3, -0.25) is 0 Å². The van der Waals surface area contributed by atoms with Crippen LogP contribution >= 0.6 is 0 Å². The molecule has 1 atom stereocenters. The minimum atomic E-state index is 0.0529. The van der Waals surface area contributed by atoms with Crippen LogP contribution in [0.2, 0.25) is 0 Å². The summed E-state index contributed by atoms with van der Waals surface area (Å²) in [5.74, 6) is 0.426. The summed E-state index contributed by atoms with van der Waals surface area (Å²) in [6.07, 6.45) is 10.7. The molecule has 1 aliphatic carbocycles. The number of nitrogens with two attached hydrogens (primary N) is 1. The number of hydrogen-bond donors (Lipinski definition) is 1. The minimum absolute atomic E-state index is 0.0529. The van der Waals surface area contributed by atoms with E-state index in [1.165, 1.54) is 32.1 Å². The van der Waals surface area contributed by atoms with Gasteiger partial charge in [0.15, 0.2) is 0 Å². The standard InChI is InChI=1S/C15H27N3O/c1-12(2)15(16)14-10-17-11-18(14)8-9-19-13-6-4-3-5-7-13/h10-13,15H,3-9,16H2,1-2H3. The first-order valence-corrected chi connectivity index (χ1v) is 7.55. The quantitative estimate of drug-likeness (QED) is 0.860. The minimum Gasteiger partial charge on any atom is -0.376 e. The number of nitrogens with zero attached hydrogens (tertiary/aromatic N) is 2. The Hall–Kier alpha value is -0.870. The SMILES string of the molecule is CC(C)C(N)c1cncn1CCOC1CCCCC1. The van der Waals surface area contributed by atoms with E-state index in [4.69, 9.17) is 10.5 Å². The molecule has 0 aromatic carbocycles. The molecule has 1 saturated carbocycles. The molecule has 0 saturated heterocycles. The summed E-state index contributed by atoms with van der Waals surface area (Å²) in [5, 5.41) is 0. The van der Waals surface area contributed by atoms with E-state index >= 15 is 0 Å². The number of aromatic nitrogens is 2. The molecule has 1 aromatic heterocycles. The second-order valence-electron chi connectivity index (χ2n) is 5.91. The topological polar surface area (TPSA) is 53.1 Å². The van der Waals surface area contributed by atoms with Gasteiger partial charge in [-0.1, -0.05) is 33.1 Å². The zero-order valence-electron chi connectivity index (χ0n) is 12.2. The summed E-state index contributed by atoms with van der Waals surface area (Å²) in [6, 6.07) is 0.0529. The third-order valence-corrected chi connectivity index (χ3v) is 4.04. The maximum Gasteiger partial charge on any atom is 0.0949 e. The van der Waals surface area contributed by atoms with E-state index in [1.807, 2.05) is 12.5 Å². The van der Waals surface area contributed by atoms with E-state index in [2.05, 4.69) is 23.4 Å². The Bertz CT molecular complexity index is 369. The van der Waals surface area contributed by atoms with Crippen molar-refractivity contribution < 1.29 is 4.74 Å². The van der Waals surface area contributed by atoms with Crippen LogP contribution in [0.1, 0.15) is 57.7 Å². The van der Waals surface area contributed by atoms with Gasteiger partial charge in [0, 0.05) is 18.8 Å². The first kappa shape index (κ1) is 14.5. The van der Waals surface area contributed by atoms with Crippen molar-refractivity contribution in [1.29, 1.82) is 0 Å². The van der Waals surface area contributed by atoms with Gasteiger partial charge in [0.1, 0.15) is 0 Å². The maximum absolute atomic E-state index is 6.20. The predicted molar refractivity (Wildman–Crippen MR) is 76.8 cm³/mol. The van der Waals surface area contributed by atoms with Crippen LogP contribution in [0.15, 0.2) is 12.5 Å². The number of ether oxygens (including phenoxy) is 1. The van der Waals surface area contributed by atoms with E-state index in [-0.39, 0.29) is 6.04 Å². The average molecular weight is 265 g/mol. The Kier molecular flexibility index (Phi) is 5.40. The summed E-state index contributed by atoms with van der Waals surface area (Å²) in [7, 11) is 0. The number of hydrogen-bond acceptors (Lipinski definition) is 3. The second kappa shape index (κ2) is 7.06. The first-order valence-electron chi connectivity index (χ1n) is 7.55. The number of imidazole rings is 1. The van der Waals surface area contributed by atoms with E-state index < -0.39 is 0 Å². The molecule has 1 fully saturated rings. The van der Waals surface area contributed by atoms with Crippen molar-refractivity contribution >= 4 is 0 Å². The van der Waals surface area contributed by atoms with Gasteiger partial charge in [-0.25, -0.2) is 4.98 Å². The van der Waals surface area contributed by atoms with Gasteiger partial charge >= 0.3 is 0 Å². The van der Waals surface area contributed by atoms with Crippen molar-refractivity contribution in [2.45, 2.75) is 64.6 Å². The molecule has 4 heteroatoms. The fourth-order valence-corrected chi connectivity index (χ4v) is 2.69. The van der Waals surface area contributed by atoms with Crippen molar-refractivity contribution in [2.24, 2.45) is 11.7 Å². The fraction of sp³-hybridized carbons (Fsp3) is 0.800. The monoisotopic (exact) mass is 265 g/mol. The van der Waals surface area contributed by atoms with Crippen molar-refractivity contribution in [1.82, 2.24) is 9.55 Å². The normalized spacial score (nSPS) is 18.9. The molecule has 1 aromatic rings. The lowest BCUT2D eigenvalue weighted by Crippen LogP contribution is -2.23. The van der Waals surface area contributed by atoms with Gasteiger partial charge in [-0.15, -0.1) is 0 Å². The number of rotatable bonds is 6. The molecular weight excluding hydrogens is 238 g/mol. The average Bonchev–Trinajstić information content (AvgIpc) is 2.87. The van der Waals surface area contributed by atoms with E-state index in [0.717, 1.165) is 18.8 Å². The molecule has 1 unspecified atom stereocenters. The van der Waals surface area contributed by atoms with Crippen LogP contribution in [-0.4, -0.2) is 22.3 Å². The molecule has 0 spiro atoms. The summed E-state index contributed by atoms with van der Waals surface area (Å²) in [6.45, 7) is 5.90. The highest BCUT2D eigenvalue weighted by Gasteiger charge is 2.16. The van der Waals surface area contributed by atoms with Crippen LogP contribution in [0.5, 0.6) is 0 Å². The molecule has 19 heavy (non-hydrogen) atoms. The first-order chi connectivity index (χ1) is 9.18. The van der Waals surface area contributed by atoms with Crippen molar-refractivity contribution in [3.63, 3.8) is 0 Å². The lowest BCUT2D eigenvalue weighted by Gasteiger charge is -2.23. The van der Waals surface area contributed by atoms with Crippen molar-refractivity contribution in [3.8, 4) is 0 Å². The molecule has 1 aliphatic rings. The highest BCUT2D eigenvalue weighted by molar-refractivity contribution is 5.05. The highest BCUT2D eigenvalue weighted by atomic mass is 16.5. The Balaban J connectivity index is 1.81. The van der Waals surface area contributed by atoms with Crippen LogP contribution in [0.4, 0.5) is 0 Å². The van der Waals surface area contributed by atoms with E-state index in [9.17, 15) is 0 Å². The fourth-order valence-electron chi connectivity index (χ4n) is 2.69. The van der Waals surface area contributed by atoms with E-state index in [1.54, 1.807) is 0 Å². The highest BCUT2D eigenvalue weighted by Crippen LogP contribution is 2.21. The third kappa shape index (κ3) is 4.05. The predicted octanol–water partition coefficient (Wildman–Crippen LogP) is 2.89. The van der Waals surface area contributed by atoms with Gasteiger partial charge in [-0.05, 0) is 18.8 Å². The van der Waals surface area contributed by atoms with Gasteiger partial charge < -0.3 is 15.0 Å². The van der Waals surface area contributed by atoms with Gasteiger partial charge in [-0.2, -0.15) is 0 Å². The zero-order valence-corrected chi connectivity index (χ0v) is 12.2. The molecule has 0 radical (unpaired) electrons. The molecule has 0 bridgehead atoms. The summed E-state index contributed by atoms with van der Waals surface area (Å²) >= 11 is 0. The molecule has 0 aliphatic heterocycles. The maximum atomic E-state index is 6.20. The molecule has 2 rings (SSSR count). The van der Waals surface area contributed by atoms with Crippen LogP contribution < -0.4 is 5.73 Å². The van der Waals surface area contributed by atoms with Crippen LogP contribution in [0.3, 0.4) is 0 Å². The van der Waals surface area contributed by atoms with Crippen molar-refractivity contribution in [2.75, 3.05) is 6.61 Å². The van der Waals surface area contributed by atoms with Gasteiger partial charge in [0.2, 0.25) is 0 Å². The smallest absolute Gasteiger partial charge is 0.0949 e. The lowest BCUT2D eigenvalue weighted by molar-refractivity contribution is 0.0237. The molecule has 4 nitrogen and oxygen atoms in total. The second-order valence-corrected chi connectivity index (χ2v) is 5.91. The largest absolute Gasteiger partial charge is 0.376 e. The van der Waals surface area contributed by atoms with Gasteiger partial charge in [0.25, 0.3) is 0 Å². The van der Waals surface area contributed by atoms with Crippen LogP contribution in [0.25, 0.3) is 0 Å². The Morgan fingerprint density at radius 2 is 2.11 bits per heavy atom. The molecule has 108 valence electrons. The zero-order chi connectivity index (χ0) is 13.7.